The number of ether oxygens (including phenoxy) is 2. The molecule has 0 amide bonds. The second-order valence-corrected chi connectivity index (χ2v) is 10.2. The minimum absolute atomic E-state index is 0.0484. The van der Waals surface area contributed by atoms with Gasteiger partial charge in [0.25, 0.3) is 5.88 Å². The number of aromatic carboxylic acids is 1. The fraction of sp³-hybridized carbons (Fsp3) is 0.200. The summed E-state index contributed by atoms with van der Waals surface area (Å²) in [5.74, 6) is -2.95. The van der Waals surface area contributed by atoms with Crippen LogP contribution in [0.5, 0.6) is 5.88 Å². The van der Waals surface area contributed by atoms with Gasteiger partial charge in [0.05, 0.1) is 18.3 Å². The lowest BCUT2D eigenvalue weighted by Crippen LogP contribution is -2.32. The molecule has 1 aliphatic heterocycles. The van der Waals surface area contributed by atoms with Crippen LogP contribution in [0.4, 0.5) is 13.2 Å². The van der Waals surface area contributed by atoms with Crippen LogP contribution in [0, 0.1) is 17.5 Å². The van der Waals surface area contributed by atoms with Crippen LogP contribution in [0.15, 0.2) is 60.7 Å². The Hall–Kier alpha value is -4.48. The van der Waals surface area contributed by atoms with E-state index in [-0.39, 0.29) is 46.7 Å². The smallest absolute Gasteiger partial charge is 0.354 e. The van der Waals surface area contributed by atoms with E-state index in [0.29, 0.717) is 35.7 Å². The highest BCUT2D eigenvalue weighted by Gasteiger charge is 2.23. The van der Waals surface area contributed by atoms with Gasteiger partial charge in [0, 0.05) is 29.2 Å². The van der Waals surface area contributed by atoms with Crippen molar-refractivity contribution < 1.29 is 32.5 Å². The molecule has 0 bridgehead atoms. The number of hydrogen-bond acceptors (Lipinski definition) is 6. The summed E-state index contributed by atoms with van der Waals surface area (Å²) in [7, 11) is 0. The molecule has 42 heavy (non-hydrogen) atoms. The van der Waals surface area contributed by atoms with E-state index < -0.39 is 29.3 Å². The largest absolute Gasteiger partial charge is 0.477 e. The van der Waals surface area contributed by atoms with E-state index in [9.17, 15) is 18.7 Å². The topological polar surface area (TPSA) is 99.4 Å². The number of carboxylic acid groups (broad SMARTS) is 1. The highest BCUT2D eigenvalue weighted by molar-refractivity contribution is 6.30. The van der Waals surface area contributed by atoms with Crippen LogP contribution in [-0.4, -0.2) is 43.3 Å². The van der Waals surface area contributed by atoms with Crippen molar-refractivity contribution in [2.24, 2.45) is 0 Å². The number of aromatic nitrogens is 4. The molecule has 1 fully saturated rings. The number of nitrogens with zero attached hydrogens (tertiary/aromatic N) is 4. The van der Waals surface area contributed by atoms with Gasteiger partial charge in [-0.3, -0.25) is 0 Å². The zero-order valence-electron chi connectivity index (χ0n) is 21.9. The van der Waals surface area contributed by atoms with E-state index >= 15 is 4.39 Å². The van der Waals surface area contributed by atoms with Crippen LogP contribution in [0.3, 0.4) is 0 Å². The van der Waals surface area contributed by atoms with Crippen molar-refractivity contribution in [3.05, 3.63) is 106 Å². The summed E-state index contributed by atoms with van der Waals surface area (Å²) in [6, 6.07) is 14.0. The molecule has 4 heterocycles. The van der Waals surface area contributed by atoms with Gasteiger partial charge in [-0.05, 0) is 60.5 Å². The molecule has 6 rings (SSSR count). The maximum atomic E-state index is 15.4. The first-order chi connectivity index (χ1) is 20.2. The minimum Gasteiger partial charge on any atom is -0.477 e. The monoisotopic (exact) mass is 594 g/mol. The fourth-order valence-electron chi connectivity index (χ4n) is 4.65. The van der Waals surface area contributed by atoms with Crippen molar-refractivity contribution in [2.75, 3.05) is 6.61 Å². The Bertz CT molecular complexity index is 1830. The SMILES string of the molecule is O=C(O)c1ccc2nc(Cc3ccc(-c4ccc(F)c(OCc5ccc(Cl)cc5F)n4)c(F)c3)n(C[C@@H]3CCO3)c2n1. The number of halogens is 4. The third kappa shape index (κ3) is 5.65. The van der Waals surface area contributed by atoms with Crippen molar-refractivity contribution in [1.29, 1.82) is 0 Å². The zero-order chi connectivity index (χ0) is 29.4. The molecular formula is C30H22ClF3N4O4. The van der Waals surface area contributed by atoms with Gasteiger partial charge in [-0.15, -0.1) is 0 Å². The second kappa shape index (κ2) is 11.4. The third-order valence-corrected chi connectivity index (χ3v) is 7.17. The predicted octanol–water partition coefficient (Wildman–Crippen LogP) is 6.22. The number of benzene rings is 2. The van der Waals surface area contributed by atoms with Gasteiger partial charge in [-0.1, -0.05) is 23.7 Å². The number of imidazole rings is 1. The Morgan fingerprint density at radius 1 is 1.00 bits per heavy atom. The van der Waals surface area contributed by atoms with Gasteiger partial charge in [-0.25, -0.2) is 32.9 Å². The molecule has 214 valence electrons. The van der Waals surface area contributed by atoms with Crippen LogP contribution in [0.2, 0.25) is 5.02 Å². The summed E-state index contributed by atoms with van der Waals surface area (Å²) >= 11 is 5.77. The lowest BCUT2D eigenvalue weighted by Gasteiger charge is -2.27. The van der Waals surface area contributed by atoms with E-state index in [0.717, 1.165) is 18.6 Å². The van der Waals surface area contributed by atoms with Crippen molar-refractivity contribution in [3.63, 3.8) is 0 Å². The van der Waals surface area contributed by atoms with Gasteiger partial charge in [0.1, 0.15) is 29.6 Å². The number of carbonyl (C=O) groups is 1. The molecule has 1 atom stereocenters. The number of rotatable bonds is 9. The van der Waals surface area contributed by atoms with Crippen LogP contribution in [0.1, 0.15) is 33.9 Å². The van der Waals surface area contributed by atoms with E-state index in [4.69, 9.17) is 21.1 Å². The molecule has 5 aromatic rings. The van der Waals surface area contributed by atoms with Crippen LogP contribution < -0.4 is 4.74 Å². The van der Waals surface area contributed by atoms with Gasteiger partial charge in [0.2, 0.25) is 0 Å². The van der Waals surface area contributed by atoms with Crippen LogP contribution in [-0.2, 0) is 24.3 Å². The van der Waals surface area contributed by atoms with Gasteiger partial charge < -0.3 is 19.1 Å². The van der Waals surface area contributed by atoms with Crippen molar-refractivity contribution in [3.8, 4) is 17.1 Å². The molecule has 12 heteroatoms. The Morgan fingerprint density at radius 3 is 2.55 bits per heavy atom. The maximum Gasteiger partial charge on any atom is 0.354 e. The minimum atomic E-state index is -1.15. The number of pyridine rings is 2. The molecule has 3 aromatic heterocycles. The predicted molar refractivity (Wildman–Crippen MR) is 147 cm³/mol. The van der Waals surface area contributed by atoms with Crippen LogP contribution >= 0.6 is 11.6 Å². The molecule has 8 nitrogen and oxygen atoms in total. The first-order valence-corrected chi connectivity index (χ1v) is 13.4. The summed E-state index contributed by atoms with van der Waals surface area (Å²) in [4.78, 5) is 24.5. The first kappa shape index (κ1) is 27.7. The molecular weight excluding hydrogens is 573 g/mol. The summed E-state index contributed by atoms with van der Waals surface area (Å²) in [5, 5.41) is 9.61. The molecule has 0 saturated carbocycles. The van der Waals surface area contributed by atoms with E-state index in [1.807, 2.05) is 4.57 Å². The summed E-state index contributed by atoms with van der Waals surface area (Å²) in [6.45, 7) is 0.785. The third-order valence-electron chi connectivity index (χ3n) is 6.94. The Labute approximate surface area is 242 Å². The molecule has 2 aromatic carbocycles. The molecule has 1 saturated heterocycles. The number of fused-ring (bicyclic) bond motifs is 1. The number of carboxylic acids is 1. The lowest BCUT2D eigenvalue weighted by molar-refractivity contribution is -0.0590. The molecule has 0 aliphatic carbocycles. The zero-order valence-corrected chi connectivity index (χ0v) is 22.6. The summed E-state index contributed by atoms with van der Waals surface area (Å²) in [6.07, 6.45) is 1.04. The molecule has 0 radical (unpaired) electrons. The summed E-state index contributed by atoms with van der Waals surface area (Å²) < 4.78 is 56.7. The molecule has 0 spiro atoms. The maximum absolute atomic E-state index is 15.4. The van der Waals surface area contributed by atoms with Crippen molar-refractivity contribution >= 4 is 28.7 Å². The fourth-order valence-corrected chi connectivity index (χ4v) is 4.80. The molecule has 0 unspecified atom stereocenters. The highest BCUT2D eigenvalue weighted by Crippen LogP contribution is 2.28. The molecule has 1 N–H and O–H groups in total. The summed E-state index contributed by atoms with van der Waals surface area (Å²) in [5.41, 5.74) is 1.83. The van der Waals surface area contributed by atoms with E-state index in [2.05, 4.69) is 15.0 Å². The van der Waals surface area contributed by atoms with Crippen molar-refractivity contribution in [1.82, 2.24) is 19.5 Å². The Morgan fingerprint density at radius 2 is 1.83 bits per heavy atom. The average Bonchev–Trinajstić information content (AvgIpc) is 3.27. The lowest BCUT2D eigenvalue weighted by atomic mass is 10.1. The quantitative estimate of drug-likeness (QED) is 0.216. The first-order valence-electron chi connectivity index (χ1n) is 13.0. The number of hydrogen-bond donors (Lipinski definition) is 1. The highest BCUT2D eigenvalue weighted by atomic mass is 35.5. The van der Waals surface area contributed by atoms with Gasteiger partial charge in [-0.2, -0.15) is 0 Å². The normalized spacial score (nSPS) is 14.6. The second-order valence-electron chi connectivity index (χ2n) is 9.76. The standard InChI is InChI=1S/C30H22ClF3N4O4/c31-18-3-2-17(22(33)13-18)15-42-29-21(32)5-6-24(37-29)20-4-1-16(11-23(20)34)12-27-35-25-7-8-26(30(39)40)36-28(25)38(27)14-19-9-10-41-19/h1-8,11,13,19H,9-10,12,14-15H2,(H,39,40)/t19-/m0/s1. The molecule has 1 aliphatic rings. The van der Waals surface area contributed by atoms with E-state index in [1.165, 1.54) is 36.4 Å². The Kier molecular flexibility index (Phi) is 7.53. The van der Waals surface area contributed by atoms with E-state index in [1.54, 1.807) is 12.1 Å². The van der Waals surface area contributed by atoms with Gasteiger partial charge >= 0.3 is 5.97 Å². The van der Waals surface area contributed by atoms with Crippen LogP contribution in [0.25, 0.3) is 22.4 Å². The van der Waals surface area contributed by atoms with Crippen molar-refractivity contribution in [2.45, 2.75) is 32.1 Å². The van der Waals surface area contributed by atoms with Gasteiger partial charge in [0.15, 0.2) is 17.2 Å². The average molecular weight is 595 g/mol. The Balaban J connectivity index is 1.25.